The Bertz CT molecular complexity index is 344. The molecule has 1 aliphatic rings. The first-order valence-corrected chi connectivity index (χ1v) is 7.47. The quantitative estimate of drug-likeness (QED) is 0.874. The van der Waals surface area contributed by atoms with Gasteiger partial charge in [0.05, 0.1) is 6.04 Å². The van der Waals surface area contributed by atoms with Crippen LogP contribution in [-0.2, 0) is 0 Å². The molecule has 96 valence electrons. The van der Waals surface area contributed by atoms with Crippen molar-refractivity contribution < 1.29 is 4.42 Å². The molecule has 1 N–H and O–H groups in total. The zero-order valence-electron chi connectivity index (χ0n) is 10.7. The van der Waals surface area contributed by atoms with Gasteiger partial charge in [-0.25, -0.2) is 0 Å². The minimum Gasteiger partial charge on any atom is -0.453 e. The van der Waals surface area contributed by atoms with Crippen molar-refractivity contribution in [3.63, 3.8) is 0 Å². The number of hydrogen-bond donors (Lipinski definition) is 1. The second kappa shape index (κ2) is 6.05. The lowest BCUT2D eigenvalue weighted by Gasteiger charge is -2.30. The summed E-state index contributed by atoms with van der Waals surface area (Å²) in [5.74, 6) is 1.85. The molecule has 0 radical (unpaired) electrons. The standard InChI is InChI=1S/C14H22BrNO/c1-10(12-6-4-3-5-7-12)16-11(2)13-8-9-14(15)17-13/h8-12,16H,3-7H2,1-2H3. The van der Waals surface area contributed by atoms with Crippen molar-refractivity contribution >= 4 is 15.9 Å². The Balaban J connectivity index is 1.87. The maximum absolute atomic E-state index is 5.59. The Labute approximate surface area is 112 Å². The van der Waals surface area contributed by atoms with Gasteiger partial charge < -0.3 is 9.73 Å². The Morgan fingerprint density at radius 2 is 1.94 bits per heavy atom. The molecule has 1 aliphatic carbocycles. The maximum Gasteiger partial charge on any atom is 0.169 e. The van der Waals surface area contributed by atoms with Crippen LogP contribution in [-0.4, -0.2) is 6.04 Å². The summed E-state index contributed by atoms with van der Waals surface area (Å²) in [7, 11) is 0. The highest BCUT2D eigenvalue weighted by Crippen LogP contribution is 2.28. The first-order chi connectivity index (χ1) is 8.16. The molecule has 2 unspecified atom stereocenters. The zero-order chi connectivity index (χ0) is 12.3. The van der Waals surface area contributed by atoms with Crippen LogP contribution in [0.2, 0.25) is 0 Å². The second-order valence-electron chi connectivity index (χ2n) is 5.22. The van der Waals surface area contributed by atoms with Crippen LogP contribution >= 0.6 is 15.9 Å². The van der Waals surface area contributed by atoms with Crippen LogP contribution in [0, 0.1) is 5.92 Å². The summed E-state index contributed by atoms with van der Waals surface area (Å²) < 4.78 is 6.40. The lowest BCUT2D eigenvalue weighted by Crippen LogP contribution is -2.36. The van der Waals surface area contributed by atoms with Gasteiger partial charge in [0.25, 0.3) is 0 Å². The van der Waals surface area contributed by atoms with Crippen molar-refractivity contribution in [1.82, 2.24) is 5.32 Å². The van der Waals surface area contributed by atoms with Gasteiger partial charge in [0.15, 0.2) is 4.67 Å². The van der Waals surface area contributed by atoms with E-state index in [0.717, 1.165) is 16.3 Å². The van der Waals surface area contributed by atoms with Gasteiger partial charge in [-0.2, -0.15) is 0 Å². The molecule has 1 fully saturated rings. The molecular formula is C14H22BrNO. The van der Waals surface area contributed by atoms with E-state index in [4.69, 9.17) is 4.42 Å². The largest absolute Gasteiger partial charge is 0.453 e. The highest BCUT2D eigenvalue weighted by molar-refractivity contribution is 9.10. The van der Waals surface area contributed by atoms with Crippen molar-refractivity contribution in [1.29, 1.82) is 0 Å². The number of halogens is 1. The summed E-state index contributed by atoms with van der Waals surface area (Å²) in [6.07, 6.45) is 6.98. The summed E-state index contributed by atoms with van der Waals surface area (Å²) in [4.78, 5) is 0. The van der Waals surface area contributed by atoms with Crippen LogP contribution in [0.4, 0.5) is 0 Å². The highest BCUT2D eigenvalue weighted by atomic mass is 79.9. The molecule has 2 rings (SSSR count). The fourth-order valence-corrected chi connectivity index (χ4v) is 3.13. The van der Waals surface area contributed by atoms with Gasteiger partial charge in [-0.1, -0.05) is 19.3 Å². The minimum atomic E-state index is 0.290. The molecule has 0 bridgehead atoms. The lowest BCUT2D eigenvalue weighted by atomic mass is 9.84. The third-order valence-corrected chi connectivity index (χ3v) is 4.32. The van der Waals surface area contributed by atoms with Crippen LogP contribution in [0.5, 0.6) is 0 Å². The normalized spacial score (nSPS) is 21.4. The SMILES string of the molecule is CC(NC(C)C1CCCCC1)c1ccc(Br)o1. The molecule has 1 aromatic heterocycles. The molecule has 0 saturated heterocycles. The van der Waals surface area contributed by atoms with E-state index in [9.17, 15) is 0 Å². The molecule has 0 aliphatic heterocycles. The van der Waals surface area contributed by atoms with E-state index >= 15 is 0 Å². The summed E-state index contributed by atoms with van der Waals surface area (Å²) in [6.45, 7) is 4.48. The Morgan fingerprint density at radius 3 is 2.53 bits per heavy atom. The molecule has 3 heteroatoms. The fourth-order valence-electron chi connectivity index (χ4n) is 2.81. The number of nitrogens with one attached hydrogen (secondary N) is 1. The van der Waals surface area contributed by atoms with Crippen LogP contribution in [0.25, 0.3) is 0 Å². The monoisotopic (exact) mass is 299 g/mol. The predicted octanol–water partition coefficient (Wildman–Crippen LogP) is 4.66. The minimum absolute atomic E-state index is 0.290. The van der Waals surface area contributed by atoms with E-state index < -0.39 is 0 Å². The first-order valence-electron chi connectivity index (χ1n) is 6.68. The van der Waals surface area contributed by atoms with Gasteiger partial charge in [0.2, 0.25) is 0 Å². The van der Waals surface area contributed by atoms with Crippen LogP contribution in [0.3, 0.4) is 0 Å². The van der Waals surface area contributed by atoms with Crippen molar-refractivity contribution in [3.8, 4) is 0 Å². The van der Waals surface area contributed by atoms with Gasteiger partial charge in [-0.3, -0.25) is 0 Å². The van der Waals surface area contributed by atoms with E-state index in [1.807, 2.05) is 12.1 Å². The van der Waals surface area contributed by atoms with E-state index in [-0.39, 0.29) is 0 Å². The summed E-state index contributed by atoms with van der Waals surface area (Å²) >= 11 is 3.35. The van der Waals surface area contributed by atoms with Gasteiger partial charge in [-0.15, -0.1) is 0 Å². The first kappa shape index (κ1) is 13.2. The summed E-state index contributed by atoms with van der Waals surface area (Å²) in [5.41, 5.74) is 0. The molecule has 1 saturated carbocycles. The molecule has 0 aromatic carbocycles. The van der Waals surface area contributed by atoms with E-state index in [0.29, 0.717) is 12.1 Å². The second-order valence-corrected chi connectivity index (χ2v) is 6.00. The third-order valence-electron chi connectivity index (χ3n) is 3.89. The number of hydrogen-bond acceptors (Lipinski definition) is 2. The van der Waals surface area contributed by atoms with Crippen molar-refractivity contribution in [3.05, 3.63) is 22.6 Å². The topological polar surface area (TPSA) is 25.2 Å². The van der Waals surface area contributed by atoms with E-state index in [2.05, 4.69) is 35.1 Å². The van der Waals surface area contributed by atoms with Crippen molar-refractivity contribution in [2.24, 2.45) is 5.92 Å². The Kier molecular flexibility index (Phi) is 4.69. The summed E-state index contributed by atoms with van der Waals surface area (Å²) in [5, 5.41) is 3.66. The predicted molar refractivity (Wildman–Crippen MR) is 74.0 cm³/mol. The zero-order valence-corrected chi connectivity index (χ0v) is 12.3. The van der Waals surface area contributed by atoms with Crippen molar-refractivity contribution in [2.45, 2.75) is 58.0 Å². The van der Waals surface area contributed by atoms with Crippen LogP contribution in [0.15, 0.2) is 21.2 Å². The number of furan rings is 1. The van der Waals surface area contributed by atoms with E-state index in [1.165, 1.54) is 32.1 Å². The van der Waals surface area contributed by atoms with Gasteiger partial charge in [0.1, 0.15) is 5.76 Å². The van der Waals surface area contributed by atoms with E-state index in [1.54, 1.807) is 0 Å². The molecular weight excluding hydrogens is 278 g/mol. The molecule has 0 amide bonds. The highest BCUT2D eigenvalue weighted by Gasteiger charge is 2.22. The molecule has 2 nitrogen and oxygen atoms in total. The molecule has 0 spiro atoms. The molecule has 2 atom stereocenters. The smallest absolute Gasteiger partial charge is 0.169 e. The van der Waals surface area contributed by atoms with Gasteiger partial charge in [0, 0.05) is 6.04 Å². The van der Waals surface area contributed by atoms with Gasteiger partial charge in [-0.05, 0) is 60.7 Å². The maximum atomic E-state index is 5.59. The fraction of sp³-hybridized carbons (Fsp3) is 0.714. The summed E-state index contributed by atoms with van der Waals surface area (Å²) in [6, 6.07) is 4.86. The average molecular weight is 300 g/mol. The Morgan fingerprint density at radius 1 is 1.24 bits per heavy atom. The van der Waals surface area contributed by atoms with Gasteiger partial charge >= 0.3 is 0 Å². The lowest BCUT2D eigenvalue weighted by molar-refractivity contribution is 0.259. The van der Waals surface area contributed by atoms with Crippen molar-refractivity contribution in [2.75, 3.05) is 0 Å². The number of rotatable bonds is 4. The molecule has 17 heavy (non-hydrogen) atoms. The Hall–Kier alpha value is -0.280. The van der Waals surface area contributed by atoms with Crippen LogP contribution in [0.1, 0.15) is 57.8 Å². The molecule has 1 aromatic rings. The third kappa shape index (κ3) is 3.59. The molecule has 1 heterocycles. The van der Waals surface area contributed by atoms with Crippen LogP contribution < -0.4 is 5.32 Å². The average Bonchev–Trinajstić information content (AvgIpc) is 2.77.